The second-order valence-corrected chi connectivity index (χ2v) is 3.18. The molecule has 0 fully saturated rings. The molecule has 14 heavy (non-hydrogen) atoms. The predicted octanol–water partition coefficient (Wildman–Crippen LogP) is -0.490. The van der Waals surface area contributed by atoms with Crippen LogP contribution >= 0.6 is 0 Å². The van der Waals surface area contributed by atoms with Gasteiger partial charge in [-0.2, -0.15) is 5.43 Å². The van der Waals surface area contributed by atoms with Crippen molar-refractivity contribution in [1.29, 1.82) is 0 Å². The molecule has 1 aromatic carbocycles. The number of nitrogens with one attached hydrogen (secondary N) is 2. The zero-order valence-electron chi connectivity index (χ0n) is 7.64. The molecular formula is C9H13N5. The fraction of sp³-hybridized carbons (Fsp3) is 0.111. The Hall–Kier alpha value is -1.40. The third kappa shape index (κ3) is 1.61. The summed E-state index contributed by atoms with van der Waals surface area (Å²) in [6.45, 7) is 0. The first-order valence-corrected chi connectivity index (χ1v) is 4.32. The lowest BCUT2D eigenvalue weighted by molar-refractivity contribution is 0.0726. The van der Waals surface area contributed by atoms with E-state index in [0.717, 1.165) is 5.56 Å². The molecule has 1 aliphatic rings. The van der Waals surface area contributed by atoms with Crippen molar-refractivity contribution in [2.75, 3.05) is 0 Å². The maximum absolute atomic E-state index is 6.11. The monoisotopic (exact) mass is 191 g/mol. The van der Waals surface area contributed by atoms with Gasteiger partial charge >= 0.3 is 0 Å². The molecular weight excluding hydrogens is 178 g/mol. The van der Waals surface area contributed by atoms with Gasteiger partial charge in [0.15, 0.2) is 0 Å². The van der Waals surface area contributed by atoms with Crippen LogP contribution in [0.4, 0.5) is 0 Å². The number of hydrogen-bond donors (Lipinski definition) is 4. The Kier molecular flexibility index (Phi) is 2.22. The second-order valence-electron chi connectivity index (χ2n) is 3.18. The van der Waals surface area contributed by atoms with E-state index in [9.17, 15) is 0 Å². The highest BCUT2D eigenvalue weighted by molar-refractivity contribution is 5.28. The number of benzene rings is 1. The van der Waals surface area contributed by atoms with Crippen molar-refractivity contribution in [2.45, 2.75) is 5.66 Å². The Bertz CT molecular complexity index is 336. The minimum Gasteiger partial charge on any atom is -0.305 e. The molecule has 1 aromatic rings. The molecule has 6 N–H and O–H groups in total. The van der Waals surface area contributed by atoms with Crippen LogP contribution in [0, 0.1) is 0 Å². The summed E-state index contributed by atoms with van der Waals surface area (Å²) in [5.41, 5.74) is 12.0. The van der Waals surface area contributed by atoms with Gasteiger partial charge in [-0.3, -0.25) is 5.43 Å². The number of hydrazine groups is 3. The normalized spacial score (nSPS) is 27.3. The molecule has 0 radical (unpaired) electrons. The molecule has 0 bridgehead atoms. The van der Waals surface area contributed by atoms with Crippen LogP contribution < -0.4 is 22.4 Å². The van der Waals surface area contributed by atoms with Crippen molar-refractivity contribution < 1.29 is 0 Å². The van der Waals surface area contributed by atoms with Crippen molar-refractivity contribution in [3.8, 4) is 0 Å². The molecule has 0 saturated carbocycles. The third-order valence-corrected chi connectivity index (χ3v) is 2.12. The van der Waals surface area contributed by atoms with Crippen LogP contribution in [0.15, 0.2) is 42.6 Å². The molecule has 1 heterocycles. The van der Waals surface area contributed by atoms with Gasteiger partial charge in [-0.05, 0) is 11.6 Å². The minimum absolute atomic E-state index is 0.749. The van der Waals surface area contributed by atoms with Gasteiger partial charge in [0.25, 0.3) is 0 Å². The highest BCUT2D eigenvalue weighted by Gasteiger charge is 2.27. The highest BCUT2D eigenvalue weighted by Crippen LogP contribution is 2.17. The van der Waals surface area contributed by atoms with E-state index in [4.69, 9.17) is 11.6 Å². The number of nitrogens with zero attached hydrogens (tertiary/aromatic N) is 1. The van der Waals surface area contributed by atoms with E-state index in [1.165, 1.54) is 5.23 Å². The smallest absolute Gasteiger partial charge is 0.129 e. The summed E-state index contributed by atoms with van der Waals surface area (Å²) in [5, 5.41) is 1.23. The van der Waals surface area contributed by atoms with E-state index < -0.39 is 5.66 Å². The molecule has 5 heteroatoms. The van der Waals surface area contributed by atoms with Crippen LogP contribution in [0.3, 0.4) is 0 Å². The third-order valence-electron chi connectivity index (χ3n) is 2.12. The molecule has 0 saturated heterocycles. The first kappa shape index (κ1) is 9.17. The van der Waals surface area contributed by atoms with Crippen molar-refractivity contribution in [3.05, 3.63) is 48.2 Å². The summed E-state index contributed by atoms with van der Waals surface area (Å²) in [7, 11) is 0. The van der Waals surface area contributed by atoms with Crippen molar-refractivity contribution in [2.24, 2.45) is 11.6 Å². The molecule has 1 aliphatic heterocycles. The quantitative estimate of drug-likeness (QED) is 0.450. The Balaban J connectivity index is 2.33. The largest absolute Gasteiger partial charge is 0.305 e. The van der Waals surface area contributed by atoms with Crippen LogP contribution in [-0.2, 0) is 5.66 Å². The van der Waals surface area contributed by atoms with Gasteiger partial charge in [0.05, 0.1) is 0 Å². The summed E-state index contributed by atoms with van der Waals surface area (Å²) >= 11 is 0. The van der Waals surface area contributed by atoms with Gasteiger partial charge < -0.3 is 5.73 Å². The van der Waals surface area contributed by atoms with E-state index in [1.807, 2.05) is 36.4 Å². The average molecular weight is 191 g/mol. The molecule has 1 atom stereocenters. The van der Waals surface area contributed by atoms with Gasteiger partial charge in [0, 0.05) is 6.20 Å². The zero-order chi connectivity index (χ0) is 10.0. The lowest BCUT2D eigenvalue weighted by atomic mass is 10.0. The maximum atomic E-state index is 6.11. The van der Waals surface area contributed by atoms with Gasteiger partial charge in [0.1, 0.15) is 5.66 Å². The molecule has 74 valence electrons. The van der Waals surface area contributed by atoms with E-state index in [2.05, 4.69) is 10.9 Å². The lowest BCUT2D eigenvalue weighted by Crippen LogP contribution is -2.65. The Labute approximate surface area is 82.3 Å². The van der Waals surface area contributed by atoms with Gasteiger partial charge in [0.2, 0.25) is 0 Å². The highest BCUT2D eigenvalue weighted by atomic mass is 15.9. The molecule has 0 aliphatic carbocycles. The maximum Gasteiger partial charge on any atom is 0.129 e. The van der Waals surface area contributed by atoms with E-state index in [-0.39, 0.29) is 0 Å². The van der Waals surface area contributed by atoms with Crippen LogP contribution in [0.1, 0.15) is 5.56 Å². The number of rotatable bonds is 1. The molecule has 2 rings (SSSR count). The first-order valence-electron chi connectivity index (χ1n) is 4.32. The molecule has 0 aromatic heterocycles. The summed E-state index contributed by atoms with van der Waals surface area (Å²) in [6, 6.07) is 9.69. The SMILES string of the molecule is NN1NC=CC(N)(c2ccccc2)N1. The Morgan fingerprint density at radius 1 is 1.21 bits per heavy atom. The first-order chi connectivity index (χ1) is 6.71. The van der Waals surface area contributed by atoms with E-state index in [1.54, 1.807) is 6.20 Å². The molecule has 0 spiro atoms. The van der Waals surface area contributed by atoms with Crippen LogP contribution in [0.5, 0.6) is 0 Å². The second kappa shape index (κ2) is 3.39. The summed E-state index contributed by atoms with van der Waals surface area (Å²) in [4.78, 5) is 0. The van der Waals surface area contributed by atoms with Gasteiger partial charge in [-0.25, -0.2) is 5.84 Å². The predicted molar refractivity (Wildman–Crippen MR) is 53.7 cm³/mol. The number of hydrogen-bond acceptors (Lipinski definition) is 5. The summed E-state index contributed by atoms with van der Waals surface area (Å²) in [5.74, 6) is 5.53. The number of nitrogens with two attached hydrogens (primary N) is 2. The van der Waals surface area contributed by atoms with Crippen molar-refractivity contribution in [3.63, 3.8) is 0 Å². The topological polar surface area (TPSA) is 79.3 Å². The van der Waals surface area contributed by atoms with Gasteiger partial charge in [-0.15, -0.1) is 0 Å². The fourth-order valence-corrected chi connectivity index (χ4v) is 1.39. The summed E-state index contributed by atoms with van der Waals surface area (Å²) < 4.78 is 0. The molecule has 0 amide bonds. The van der Waals surface area contributed by atoms with Crippen LogP contribution in [0.2, 0.25) is 0 Å². The lowest BCUT2D eigenvalue weighted by Gasteiger charge is -2.35. The van der Waals surface area contributed by atoms with Crippen molar-refractivity contribution in [1.82, 2.24) is 16.1 Å². The fourth-order valence-electron chi connectivity index (χ4n) is 1.39. The minimum atomic E-state index is -0.749. The van der Waals surface area contributed by atoms with Crippen LogP contribution in [-0.4, -0.2) is 5.23 Å². The average Bonchev–Trinajstić information content (AvgIpc) is 2.19. The van der Waals surface area contributed by atoms with Crippen LogP contribution in [0.25, 0.3) is 0 Å². The summed E-state index contributed by atoms with van der Waals surface area (Å²) in [6.07, 6.45) is 3.51. The van der Waals surface area contributed by atoms with E-state index in [0.29, 0.717) is 0 Å². The Morgan fingerprint density at radius 3 is 2.57 bits per heavy atom. The van der Waals surface area contributed by atoms with Crippen molar-refractivity contribution >= 4 is 0 Å². The Morgan fingerprint density at radius 2 is 1.93 bits per heavy atom. The standard InChI is InChI=1S/C9H13N5/c10-9(6-7-12-14(11)13-9)8-4-2-1-3-5-8/h1-7,12-13H,10-11H2. The zero-order valence-corrected chi connectivity index (χ0v) is 7.64. The van der Waals surface area contributed by atoms with E-state index >= 15 is 0 Å². The molecule has 5 nitrogen and oxygen atoms in total. The molecule has 1 unspecified atom stereocenters. The van der Waals surface area contributed by atoms with Gasteiger partial charge in [-0.1, -0.05) is 35.6 Å².